The molecule has 1 aliphatic rings. The molecule has 0 saturated carbocycles. The van der Waals surface area contributed by atoms with E-state index in [4.69, 9.17) is 16.3 Å². The van der Waals surface area contributed by atoms with Crippen molar-refractivity contribution in [1.82, 2.24) is 4.90 Å². The van der Waals surface area contributed by atoms with E-state index in [-0.39, 0.29) is 11.7 Å². The van der Waals surface area contributed by atoms with Gasteiger partial charge in [-0.05, 0) is 20.8 Å². The van der Waals surface area contributed by atoms with Crippen molar-refractivity contribution in [2.75, 3.05) is 23.9 Å². The van der Waals surface area contributed by atoms with Crippen molar-refractivity contribution in [3.63, 3.8) is 0 Å². The van der Waals surface area contributed by atoms with Crippen molar-refractivity contribution in [2.24, 2.45) is 0 Å². The molecule has 1 heterocycles. The van der Waals surface area contributed by atoms with Crippen LogP contribution in [0, 0.1) is 0 Å². The van der Waals surface area contributed by atoms with E-state index in [1.54, 1.807) is 11.8 Å². The molecule has 0 N–H and O–H groups in total. The first-order chi connectivity index (χ1) is 7.85. The maximum absolute atomic E-state index is 11.9. The van der Waals surface area contributed by atoms with Gasteiger partial charge in [-0.3, -0.25) is 9.69 Å². The van der Waals surface area contributed by atoms with Crippen LogP contribution >= 0.6 is 23.4 Å². The standard InChI is InChI=1S/C11H18ClNO3S/c1-11(2,3)16-10(15)13-4-5-17-7-8(13)9(14)6-12/h8H,4-7H2,1-3H3. The van der Waals surface area contributed by atoms with Crippen LogP contribution in [0.4, 0.5) is 4.79 Å². The number of alkyl halides is 1. The Morgan fingerprint density at radius 3 is 2.65 bits per heavy atom. The van der Waals surface area contributed by atoms with E-state index in [0.29, 0.717) is 12.3 Å². The van der Waals surface area contributed by atoms with Gasteiger partial charge in [0.25, 0.3) is 0 Å². The van der Waals surface area contributed by atoms with E-state index in [1.165, 1.54) is 4.90 Å². The van der Waals surface area contributed by atoms with E-state index in [2.05, 4.69) is 0 Å². The molecule has 0 radical (unpaired) electrons. The monoisotopic (exact) mass is 279 g/mol. The van der Waals surface area contributed by atoms with E-state index < -0.39 is 17.7 Å². The maximum atomic E-state index is 11.9. The van der Waals surface area contributed by atoms with E-state index in [9.17, 15) is 9.59 Å². The van der Waals surface area contributed by atoms with Crippen molar-refractivity contribution < 1.29 is 14.3 Å². The van der Waals surface area contributed by atoms with Gasteiger partial charge in [0.1, 0.15) is 11.6 Å². The number of hydrogen-bond donors (Lipinski definition) is 0. The van der Waals surface area contributed by atoms with Gasteiger partial charge in [-0.2, -0.15) is 11.8 Å². The quantitative estimate of drug-likeness (QED) is 0.727. The first-order valence-electron chi connectivity index (χ1n) is 5.51. The van der Waals surface area contributed by atoms with Crippen molar-refractivity contribution in [3.05, 3.63) is 0 Å². The molecule has 1 aliphatic heterocycles. The second-order valence-corrected chi connectivity index (χ2v) is 6.28. The van der Waals surface area contributed by atoms with E-state index >= 15 is 0 Å². The maximum Gasteiger partial charge on any atom is 0.410 e. The molecule has 1 amide bonds. The van der Waals surface area contributed by atoms with Crippen molar-refractivity contribution in [1.29, 1.82) is 0 Å². The highest BCUT2D eigenvalue weighted by Gasteiger charge is 2.34. The summed E-state index contributed by atoms with van der Waals surface area (Å²) >= 11 is 7.21. The highest BCUT2D eigenvalue weighted by molar-refractivity contribution is 7.99. The molecule has 0 aliphatic carbocycles. The molecular weight excluding hydrogens is 262 g/mol. The van der Waals surface area contributed by atoms with Gasteiger partial charge in [-0.25, -0.2) is 4.79 Å². The average molecular weight is 280 g/mol. The van der Waals surface area contributed by atoms with Crippen LogP contribution in [-0.2, 0) is 9.53 Å². The average Bonchev–Trinajstić information content (AvgIpc) is 2.25. The molecule has 0 spiro atoms. The number of nitrogens with zero attached hydrogens (tertiary/aromatic N) is 1. The highest BCUT2D eigenvalue weighted by Crippen LogP contribution is 2.20. The molecule has 17 heavy (non-hydrogen) atoms. The molecule has 1 unspecified atom stereocenters. The van der Waals surface area contributed by atoms with Gasteiger partial charge in [-0.15, -0.1) is 11.6 Å². The molecule has 1 saturated heterocycles. The number of carbonyl (C=O) groups is 2. The summed E-state index contributed by atoms with van der Waals surface area (Å²) in [5.74, 6) is 1.24. The first-order valence-corrected chi connectivity index (χ1v) is 7.20. The fourth-order valence-corrected chi connectivity index (χ4v) is 2.76. The van der Waals surface area contributed by atoms with Gasteiger partial charge in [0.15, 0.2) is 5.78 Å². The van der Waals surface area contributed by atoms with Crippen LogP contribution in [0.5, 0.6) is 0 Å². The number of hydrogen-bond acceptors (Lipinski definition) is 4. The lowest BCUT2D eigenvalue weighted by Crippen LogP contribution is -2.52. The number of Topliss-reactive ketones (excluding diaryl/α,β-unsaturated/α-hetero) is 1. The number of ether oxygens (including phenoxy) is 1. The van der Waals surface area contributed by atoms with Crippen molar-refractivity contribution >= 4 is 35.2 Å². The summed E-state index contributed by atoms with van der Waals surface area (Å²) in [4.78, 5) is 25.1. The first kappa shape index (κ1) is 14.6. The van der Waals surface area contributed by atoms with E-state index in [1.807, 2.05) is 20.8 Å². The zero-order valence-electron chi connectivity index (χ0n) is 10.4. The summed E-state index contributed by atoms with van der Waals surface area (Å²) in [6, 6.07) is -0.443. The summed E-state index contributed by atoms with van der Waals surface area (Å²) in [5, 5.41) is 0. The second-order valence-electron chi connectivity index (χ2n) is 4.86. The Labute approximate surface area is 111 Å². The lowest BCUT2D eigenvalue weighted by Gasteiger charge is -2.35. The van der Waals surface area contributed by atoms with Crippen LogP contribution in [0.1, 0.15) is 20.8 Å². The summed E-state index contributed by atoms with van der Waals surface area (Å²) in [5.41, 5.74) is -0.545. The van der Waals surface area contributed by atoms with Gasteiger partial charge in [0.2, 0.25) is 0 Å². The zero-order valence-corrected chi connectivity index (χ0v) is 11.9. The van der Waals surface area contributed by atoms with Crippen molar-refractivity contribution in [3.8, 4) is 0 Å². The smallest absolute Gasteiger partial charge is 0.410 e. The molecule has 1 atom stereocenters. The second kappa shape index (κ2) is 5.96. The molecule has 0 aromatic carbocycles. The number of carbonyl (C=O) groups excluding carboxylic acids is 2. The largest absolute Gasteiger partial charge is 0.444 e. The molecule has 1 fully saturated rings. The molecular formula is C11H18ClNO3S. The molecule has 98 valence electrons. The van der Waals surface area contributed by atoms with Gasteiger partial charge in [0.05, 0.1) is 5.88 Å². The van der Waals surface area contributed by atoms with Gasteiger partial charge < -0.3 is 4.74 Å². The third-order valence-corrected chi connectivity index (χ3v) is 3.55. The topological polar surface area (TPSA) is 46.6 Å². The molecule has 0 aromatic rings. The minimum absolute atomic E-state index is 0.0650. The summed E-state index contributed by atoms with van der Waals surface area (Å²) in [7, 11) is 0. The Kier molecular flexibility index (Phi) is 5.13. The SMILES string of the molecule is CC(C)(C)OC(=O)N1CCSCC1C(=O)CCl. The Hall–Kier alpha value is -0.420. The van der Waals surface area contributed by atoms with Gasteiger partial charge in [0, 0.05) is 18.1 Å². The fraction of sp³-hybridized carbons (Fsp3) is 0.818. The summed E-state index contributed by atoms with van der Waals surface area (Å²) in [6.07, 6.45) is -0.429. The van der Waals surface area contributed by atoms with Crippen LogP contribution in [0.25, 0.3) is 0 Å². The zero-order chi connectivity index (χ0) is 13.1. The van der Waals surface area contributed by atoms with Crippen LogP contribution in [0.15, 0.2) is 0 Å². The van der Waals surface area contributed by atoms with Crippen LogP contribution in [-0.4, -0.2) is 52.3 Å². The number of amides is 1. The summed E-state index contributed by atoms with van der Waals surface area (Å²) < 4.78 is 5.28. The molecule has 0 aromatic heterocycles. The van der Waals surface area contributed by atoms with Crippen LogP contribution in [0.2, 0.25) is 0 Å². The molecule has 0 bridgehead atoms. The van der Waals surface area contributed by atoms with Crippen LogP contribution in [0.3, 0.4) is 0 Å². The minimum Gasteiger partial charge on any atom is -0.444 e. The van der Waals surface area contributed by atoms with Crippen molar-refractivity contribution in [2.45, 2.75) is 32.4 Å². The fourth-order valence-electron chi connectivity index (χ4n) is 1.50. The van der Waals surface area contributed by atoms with Gasteiger partial charge >= 0.3 is 6.09 Å². The normalized spacial score (nSPS) is 21.2. The number of halogens is 1. The number of thioether (sulfide) groups is 1. The Balaban J connectivity index is 2.71. The highest BCUT2D eigenvalue weighted by atomic mass is 35.5. The number of rotatable bonds is 2. The Morgan fingerprint density at radius 2 is 2.12 bits per heavy atom. The van der Waals surface area contributed by atoms with Gasteiger partial charge in [-0.1, -0.05) is 0 Å². The van der Waals surface area contributed by atoms with Crippen LogP contribution < -0.4 is 0 Å². The minimum atomic E-state index is -0.545. The lowest BCUT2D eigenvalue weighted by molar-refractivity contribution is -0.121. The van der Waals surface area contributed by atoms with E-state index in [0.717, 1.165) is 5.75 Å². The third-order valence-electron chi connectivity index (χ3n) is 2.26. The Bertz CT molecular complexity index is 304. The predicted octanol–water partition coefficient (Wildman–Crippen LogP) is 2.15. The third kappa shape index (κ3) is 4.39. The predicted molar refractivity (Wildman–Crippen MR) is 69.8 cm³/mol. The summed E-state index contributed by atoms with van der Waals surface area (Å²) in [6.45, 7) is 5.96. The molecule has 6 heteroatoms. The molecule has 4 nitrogen and oxygen atoms in total. The number of ketones is 1. The lowest BCUT2D eigenvalue weighted by atomic mass is 10.2. The molecule has 1 rings (SSSR count). The Morgan fingerprint density at radius 1 is 1.47 bits per heavy atom.